The van der Waals surface area contributed by atoms with E-state index in [1.54, 1.807) is 12.1 Å². The molecule has 4 rings (SSSR count). The van der Waals surface area contributed by atoms with Gasteiger partial charge in [-0.15, -0.1) is 0 Å². The molecular weight excluding hydrogens is 372 g/mol. The van der Waals surface area contributed by atoms with Gasteiger partial charge in [0.15, 0.2) is 0 Å². The Kier molecular flexibility index (Phi) is 5.17. The summed E-state index contributed by atoms with van der Waals surface area (Å²) in [5.74, 6) is 0.628. The molecule has 144 valence electrons. The second-order valence-electron chi connectivity index (χ2n) is 6.89. The van der Waals surface area contributed by atoms with E-state index in [-0.39, 0.29) is 4.90 Å². The molecule has 0 spiro atoms. The first-order valence-electron chi connectivity index (χ1n) is 9.15. The van der Waals surface area contributed by atoms with Gasteiger partial charge in [0.25, 0.3) is 0 Å². The highest BCUT2D eigenvalue weighted by atomic mass is 32.2. The largest absolute Gasteiger partial charge is 0.492 e. The van der Waals surface area contributed by atoms with Crippen LogP contribution in [0.5, 0.6) is 5.75 Å². The Hall–Kier alpha value is -2.67. The third-order valence-corrected chi connectivity index (χ3v) is 5.87. The molecule has 1 aliphatic rings. The number of primary sulfonamides is 1. The summed E-state index contributed by atoms with van der Waals surface area (Å²) in [6, 6.07) is 23.2. The zero-order valence-electron chi connectivity index (χ0n) is 15.4. The molecule has 3 aromatic rings. The van der Waals surface area contributed by atoms with Crippen LogP contribution in [0, 0.1) is 0 Å². The van der Waals surface area contributed by atoms with Gasteiger partial charge in [0, 0.05) is 19.6 Å². The van der Waals surface area contributed by atoms with Crippen LogP contribution in [0.15, 0.2) is 77.7 Å². The van der Waals surface area contributed by atoms with Crippen molar-refractivity contribution in [3.63, 3.8) is 0 Å². The minimum Gasteiger partial charge on any atom is -0.492 e. The Labute approximate surface area is 165 Å². The van der Waals surface area contributed by atoms with Gasteiger partial charge in [-0.25, -0.2) is 13.6 Å². The number of benzene rings is 3. The molecule has 1 aliphatic heterocycles. The van der Waals surface area contributed by atoms with Gasteiger partial charge in [-0.1, -0.05) is 48.5 Å². The van der Waals surface area contributed by atoms with Crippen molar-refractivity contribution in [3.8, 4) is 16.9 Å². The van der Waals surface area contributed by atoms with Crippen LogP contribution < -0.4 is 9.88 Å². The summed E-state index contributed by atoms with van der Waals surface area (Å²) in [6.07, 6.45) is 0. The highest BCUT2D eigenvalue weighted by molar-refractivity contribution is 7.89. The van der Waals surface area contributed by atoms with E-state index in [1.165, 1.54) is 34.4 Å². The normalized spacial score (nSPS) is 14.0. The minimum atomic E-state index is -3.68. The first kappa shape index (κ1) is 18.7. The van der Waals surface area contributed by atoms with E-state index < -0.39 is 10.0 Å². The van der Waals surface area contributed by atoms with Crippen LogP contribution in [-0.2, 0) is 23.1 Å². The summed E-state index contributed by atoms with van der Waals surface area (Å²) >= 11 is 0. The summed E-state index contributed by atoms with van der Waals surface area (Å²) in [5.41, 5.74) is 5.20. The zero-order valence-corrected chi connectivity index (χ0v) is 16.2. The van der Waals surface area contributed by atoms with Gasteiger partial charge < -0.3 is 4.74 Å². The van der Waals surface area contributed by atoms with E-state index >= 15 is 0 Å². The molecule has 1 heterocycles. The number of hydrogen-bond acceptors (Lipinski definition) is 4. The lowest BCUT2D eigenvalue weighted by Gasteiger charge is -2.21. The van der Waals surface area contributed by atoms with Crippen molar-refractivity contribution in [1.29, 1.82) is 0 Å². The van der Waals surface area contributed by atoms with Gasteiger partial charge in [0.1, 0.15) is 12.4 Å². The Bertz CT molecular complexity index is 1030. The maximum absolute atomic E-state index is 11.3. The van der Waals surface area contributed by atoms with Crippen LogP contribution in [0.4, 0.5) is 0 Å². The monoisotopic (exact) mass is 394 g/mol. The van der Waals surface area contributed by atoms with Crippen molar-refractivity contribution < 1.29 is 13.2 Å². The fourth-order valence-electron chi connectivity index (χ4n) is 3.56. The minimum absolute atomic E-state index is 0.0839. The zero-order chi connectivity index (χ0) is 19.6. The molecule has 0 bridgehead atoms. The van der Waals surface area contributed by atoms with Gasteiger partial charge in [-0.3, -0.25) is 4.90 Å². The SMILES string of the molecule is NS(=O)(=O)c1ccc(OCCN2Cc3ccccc3-c3ccccc3C2)cc1. The first-order chi connectivity index (χ1) is 13.5. The van der Waals surface area contributed by atoms with Gasteiger partial charge in [0.05, 0.1) is 4.90 Å². The number of rotatable bonds is 5. The quantitative estimate of drug-likeness (QED) is 0.720. The Balaban J connectivity index is 1.45. The predicted molar refractivity (Wildman–Crippen MR) is 109 cm³/mol. The van der Waals surface area contributed by atoms with Crippen LogP contribution in [0.2, 0.25) is 0 Å². The number of sulfonamides is 1. The number of ether oxygens (including phenoxy) is 1. The van der Waals surface area contributed by atoms with E-state index in [2.05, 4.69) is 53.4 Å². The Morgan fingerprint density at radius 1 is 0.821 bits per heavy atom. The Morgan fingerprint density at radius 3 is 1.89 bits per heavy atom. The van der Waals surface area contributed by atoms with Crippen LogP contribution in [-0.4, -0.2) is 26.5 Å². The second kappa shape index (κ2) is 7.75. The number of fused-ring (bicyclic) bond motifs is 3. The fraction of sp³-hybridized carbons (Fsp3) is 0.182. The summed E-state index contributed by atoms with van der Waals surface area (Å²) in [6.45, 7) is 3.00. The summed E-state index contributed by atoms with van der Waals surface area (Å²) in [5, 5.41) is 5.12. The molecule has 6 heteroatoms. The van der Waals surface area contributed by atoms with Crippen molar-refractivity contribution in [3.05, 3.63) is 83.9 Å². The third kappa shape index (κ3) is 4.09. The molecule has 0 amide bonds. The molecule has 0 aromatic heterocycles. The van der Waals surface area contributed by atoms with Crippen molar-refractivity contribution in [2.75, 3.05) is 13.2 Å². The van der Waals surface area contributed by atoms with Gasteiger partial charge in [-0.05, 0) is 46.5 Å². The highest BCUT2D eigenvalue weighted by Crippen LogP contribution is 2.32. The summed E-state index contributed by atoms with van der Waals surface area (Å²) < 4.78 is 28.5. The molecule has 0 fully saturated rings. The molecule has 0 atom stereocenters. The number of hydrogen-bond donors (Lipinski definition) is 1. The van der Waals surface area contributed by atoms with Crippen molar-refractivity contribution in [1.82, 2.24) is 4.90 Å². The molecule has 5 nitrogen and oxygen atoms in total. The summed E-state index contributed by atoms with van der Waals surface area (Å²) in [4.78, 5) is 2.45. The van der Waals surface area contributed by atoms with E-state index in [0.29, 0.717) is 12.4 Å². The maximum Gasteiger partial charge on any atom is 0.238 e. The van der Waals surface area contributed by atoms with Crippen LogP contribution >= 0.6 is 0 Å². The van der Waals surface area contributed by atoms with Crippen LogP contribution in [0.1, 0.15) is 11.1 Å². The molecule has 0 radical (unpaired) electrons. The van der Waals surface area contributed by atoms with Gasteiger partial charge in [-0.2, -0.15) is 0 Å². The predicted octanol–water partition coefficient (Wildman–Crippen LogP) is 3.40. The first-order valence-corrected chi connectivity index (χ1v) is 10.7. The summed E-state index contributed by atoms with van der Waals surface area (Å²) in [7, 11) is -3.68. The average Bonchev–Trinajstić information content (AvgIpc) is 2.84. The average molecular weight is 394 g/mol. The molecule has 2 N–H and O–H groups in total. The molecule has 28 heavy (non-hydrogen) atoms. The van der Waals surface area contributed by atoms with Gasteiger partial charge in [0.2, 0.25) is 10.0 Å². The van der Waals surface area contributed by atoms with E-state index in [1.807, 2.05) is 0 Å². The molecule has 0 aliphatic carbocycles. The molecular formula is C22H22N2O3S. The highest BCUT2D eigenvalue weighted by Gasteiger charge is 2.18. The van der Waals surface area contributed by atoms with Crippen molar-refractivity contribution in [2.45, 2.75) is 18.0 Å². The van der Waals surface area contributed by atoms with E-state index in [9.17, 15) is 8.42 Å². The topological polar surface area (TPSA) is 72.6 Å². The number of nitrogens with zero attached hydrogens (tertiary/aromatic N) is 1. The lowest BCUT2D eigenvalue weighted by molar-refractivity contribution is 0.198. The van der Waals surface area contributed by atoms with Crippen LogP contribution in [0.3, 0.4) is 0 Å². The number of nitrogens with two attached hydrogens (primary N) is 1. The maximum atomic E-state index is 11.3. The van der Waals surface area contributed by atoms with Crippen molar-refractivity contribution >= 4 is 10.0 Å². The Morgan fingerprint density at radius 2 is 1.36 bits per heavy atom. The lowest BCUT2D eigenvalue weighted by atomic mass is 9.97. The van der Waals surface area contributed by atoms with Gasteiger partial charge >= 0.3 is 0 Å². The van der Waals surface area contributed by atoms with E-state index in [4.69, 9.17) is 9.88 Å². The fourth-order valence-corrected chi connectivity index (χ4v) is 4.07. The molecule has 0 unspecified atom stereocenters. The smallest absolute Gasteiger partial charge is 0.238 e. The molecule has 0 saturated heterocycles. The van der Waals surface area contributed by atoms with Crippen LogP contribution in [0.25, 0.3) is 11.1 Å². The standard InChI is InChI=1S/C22H22N2O3S/c23-28(25,26)20-11-9-19(10-12-20)27-14-13-24-15-17-5-1-3-7-21(17)22-8-4-2-6-18(22)16-24/h1-12H,13-16H2,(H2,23,25,26). The second-order valence-corrected chi connectivity index (χ2v) is 8.45. The van der Waals surface area contributed by atoms with E-state index in [0.717, 1.165) is 19.6 Å². The lowest BCUT2D eigenvalue weighted by Crippen LogP contribution is -2.27. The molecule has 0 saturated carbocycles. The van der Waals surface area contributed by atoms with Crippen molar-refractivity contribution in [2.24, 2.45) is 5.14 Å². The third-order valence-electron chi connectivity index (χ3n) is 4.94. The molecule has 3 aromatic carbocycles.